The van der Waals surface area contributed by atoms with E-state index in [0.717, 1.165) is 11.3 Å². The second kappa shape index (κ2) is 7.85. The average Bonchev–Trinajstić information content (AvgIpc) is 2.74. The Balaban J connectivity index is 2.00. The lowest BCUT2D eigenvalue weighted by molar-refractivity contribution is -0.153. The predicted octanol–water partition coefficient (Wildman–Crippen LogP) is 0.333. The van der Waals surface area contributed by atoms with Crippen molar-refractivity contribution in [3.8, 4) is 5.75 Å². The quantitative estimate of drug-likeness (QED) is 0.455. The minimum atomic E-state index is -2.59. The van der Waals surface area contributed by atoms with Crippen LogP contribution in [-0.4, -0.2) is 84.6 Å². The molecule has 0 saturated heterocycles. The number of ketones is 2. The molecule has 1 saturated carbocycles. The lowest BCUT2D eigenvalue weighted by atomic mass is 9.57. The number of aliphatic hydroxyl groups excluding tert-OH is 2. The van der Waals surface area contributed by atoms with Crippen molar-refractivity contribution < 1.29 is 34.4 Å². The van der Waals surface area contributed by atoms with Crippen molar-refractivity contribution in [2.24, 2.45) is 17.6 Å². The second-order valence-electron chi connectivity index (χ2n) is 9.50. The summed E-state index contributed by atoms with van der Waals surface area (Å²) in [5, 5.41) is 33.8. The van der Waals surface area contributed by atoms with E-state index in [-0.39, 0.29) is 17.8 Å². The number of rotatable bonds is 4. The van der Waals surface area contributed by atoms with Crippen molar-refractivity contribution >= 4 is 28.9 Å². The molecule has 1 amide bonds. The molecule has 10 heteroatoms. The van der Waals surface area contributed by atoms with E-state index in [4.69, 9.17) is 10.5 Å². The number of ether oxygens (including phenoxy) is 1. The highest BCUT2D eigenvalue weighted by molar-refractivity contribution is 6.24. The first kappa shape index (κ1) is 23.8. The Labute approximate surface area is 196 Å². The molecule has 0 unspecified atom stereocenters. The molecule has 4 rings (SSSR count). The van der Waals surface area contributed by atoms with Crippen LogP contribution in [0.25, 0.3) is 5.76 Å². The number of hydrogen-bond acceptors (Lipinski definition) is 9. The Morgan fingerprint density at radius 3 is 2.35 bits per heavy atom. The lowest BCUT2D eigenvalue weighted by Crippen LogP contribution is -2.65. The van der Waals surface area contributed by atoms with E-state index in [0.29, 0.717) is 17.7 Å². The van der Waals surface area contributed by atoms with Crippen molar-refractivity contribution in [2.75, 3.05) is 40.2 Å². The van der Waals surface area contributed by atoms with Crippen molar-refractivity contribution in [3.05, 3.63) is 40.2 Å². The number of nitrogens with zero attached hydrogens (tertiary/aromatic N) is 2. The monoisotopic (exact) mass is 471 g/mol. The van der Waals surface area contributed by atoms with Gasteiger partial charge in [0.2, 0.25) is 5.78 Å². The number of methoxy groups -OCH3 is 1. The number of Topliss-reactive ketones (excluding diaryl/α,β-unsaturated/α-hetero) is 2. The first-order chi connectivity index (χ1) is 15.9. The van der Waals surface area contributed by atoms with Gasteiger partial charge < -0.3 is 30.7 Å². The van der Waals surface area contributed by atoms with Gasteiger partial charge in [-0.15, -0.1) is 0 Å². The van der Waals surface area contributed by atoms with E-state index < -0.39 is 52.3 Å². The topological polar surface area (TPSA) is 154 Å². The van der Waals surface area contributed by atoms with Gasteiger partial charge in [0, 0.05) is 31.3 Å². The zero-order chi connectivity index (χ0) is 25.3. The van der Waals surface area contributed by atoms with Crippen molar-refractivity contribution in [3.63, 3.8) is 0 Å². The number of benzene rings is 1. The molecule has 5 N–H and O–H groups in total. The summed E-state index contributed by atoms with van der Waals surface area (Å²) in [5.74, 6) is -5.58. The van der Waals surface area contributed by atoms with Crippen LogP contribution in [0, 0.1) is 11.8 Å². The molecule has 3 aliphatic rings. The number of amides is 1. The molecule has 10 nitrogen and oxygen atoms in total. The van der Waals surface area contributed by atoms with Gasteiger partial charge in [0.1, 0.15) is 22.8 Å². The Bertz CT molecular complexity index is 1180. The van der Waals surface area contributed by atoms with Gasteiger partial charge in [0.25, 0.3) is 5.91 Å². The summed E-state index contributed by atoms with van der Waals surface area (Å²) in [5.41, 5.74) is 3.83. The number of anilines is 1. The van der Waals surface area contributed by atoms with Crippen LogP contribution in [0.15, 0.2) is 29.0 Å². The molecule has 0 aromatic heterocycles. The Hall–Kier alpha value is -3.37. The number of primary amides is 1. The molecule has 0 aliphatic heterocycles. The molecular formula is C24H29N3O7. The zero-order valence-corrected chi connectivity index (χ0v) is 19.7. The minimum Gasteiger partial charge on any atom is -0.508 e. The first-order valence-corrected chi connectivity index (χ1v) is 10.9. The molecule has 3 aliphatic carbocycles. The van der Waals surface area contributed by atoms with Gasteiger partial charge >= 0.3 is 0 Å². The van der Waals surface area contributed by atoms with Crippen molar-refractivity contribution in [1.29, 1.82) is 0 Å². The molecule has 0 heterocycles. The molecule has 1 aromatic rings. The molecule has 0 bridgehead atoms. The molecule has 0 radical (unpaired) electrons. The lowest BCUT2D eigenvalue weighted by Gasteiger charge is -2.50. The third-order valence-corrected chi connectivity index (χ3v) is 7.26. The highest BCUT2D eigenvalue weighted by Crippen LogP contribution is 2.53. The van der Waals surface area contributed by atoms with Gasteiger partial charge in [-0.25, -0.2) is 0 Å². The summed E-state index contributed by atoms with van der Waals surface area (Å²) < 4.78 is 5.44. The summed E-state index contributed by atoms with van der Waals surface area (Å²) in [7, 11) is 8.34. The molecule has 34 heavy (non-hydrogen) atoms. The normalized spacial score (nSPS) is 28.5. The number of hydrogen-bond donors (Lipinski definition) is 4. The number of nitrogens with two attached hydrogens (primary N) is 1. The molecule has 1 fully saturated rings. The van der Waals surface area contributed by atoms with Crippen LogP contribution in [0.5, 0.6) is 5.75 Å². The SMILES string of the molecule is COc1ccc(N(C)C)c2c1C(O)=C1C(=O)[C@]3(O)C(O)=C(C(N)=O)C(=O)[C@@H](N(C)C)[C@@H]3C[C@@H]1C2. The van der Waals surface area contributed by atoms with Gasteiger partial charge in [-0.2, -0.15) is 0 Å². The summed E-state index contributed by atoms with van der Waals surface area (Å²) in [6.07, 6.45) is 0.453. The Kier molecular flexibility index (Phi) is 5.49. The number of carbonyl (C=O) groups excluding carboxylic acids is 3. The van der Waals surface area contributed by atoms with Crippen molar-refractivity contribution in [2.45, 2.75) is 24.5 Å². The fourth-order valence-corrected chi connectivity index (χ4v) is 5.80. The van der Waals surface area contributed by atoms with Crippen LogP contribution in [-0.2, 0) is 20.8 Å². The van der Waals surface area contributed by atoms with Gasteiger partial charge in [-0.3, -0.25) is 19.3 Å². The van der Waals surface area contributed by atoms with Crippen LogP contribution in [0.3, 0.4) is 0 Å². The van der Waals surface area contributed by atoms with Gasteiger partial charge in [-0.05, 0) is 50.6 Å². The van der Waals surface area contributed by atoms with Crippen LogP contribution >= 0.6 is 0 Å². The van der Waals surface area contributed by atoms with E-state index in [1.54, 1.807) is 20.2 Å². The number of carbonyl (C=O) groups is 3. The third kappa shape index (κ3) is 2.98. The molecule has 1 aromatic carbocycles. The fourth-order valence-electron chi connectivity index (χ4n) is 5.80. The minimum absolute atomic E-state index is 0.0670. The average molecular weight is 472 g/mol. The fraction of sp³-hybridized carbons (Fsp3) is 0.458. The summed E-state index contributed by atoms with van der Waals surface area (Å²) >= 11 is 0. The maximum Gasteiger partial charge on any atom is 0.255 e. The van der Waals surface area contributed by atoms with Crippen LogP contribution in [0.1, 0.15) is 17.5 Å². The Morgan fingerprint density at radius 2 is 1.82 bits per heavy atom. The van der Waals surface area contributed by atoms with E-state index in [1.165, 1.54) is 12.0 Å². The highest BCUT2D eigenvalue weighted by Gasteiger charge is 2.64. The number of fused-ring (bicyclic) bond motifs is 3. The number of aliphatic hydroxyl groups is 3. The second-order valence-corrected chi connectivity index (χ2v) is 9.50. The largest absolute Gasteiger partial charge is 0.508 e. The maximum absolute atomic E-state index is 13.8. The highest BCUT2D eigenvalue weighted by atomic mass is 16.5. The first-order valence-electron chi connectivity index (χ1n) is 10.9. The van der Waals surface area contributed by atoms with Crippen LogP contribution in [0.4, 0.5) is 5.69 Å². The Morgan fingerprint density at radius 1 is 1.18 bits per heavy atom. The third-order valence-electron chi connectivity index (χ3n) is 7.26. The predicted molar refractivity (Wildman–Crippen MR) is 123 cm³/mol. The standard InChI is InChI=1S/C24H29N3O7/c1-26(2)13-6-7-14(34-5)16-11(13)8-10-9-12-18(27(3)4)20(29)17(23(25)32)22(31)24(12,33)21(30)15(10)19(16)28/h6-7,10,12,18,28,31,33H,8-9H2,1-5H3,(H2,25,32)/t10-,12-,18-,24-/m0/s1. The van der Waals surface area contributed by atoms with E-state index >= 15 is 0 Å². The van der Waals surface area contributed by atoms with Gasteiger partial charge in [0.15, 0.2) is 11.4 Å². The van der Waals surface area contributed by atoms with E-state index in [2.05, 4.69) is 0 Å². The smallest absolute Gasteiger partial charge is 0.255 e. The zero-order valence-electron chi connectivity index (χ0n) is 19.7. The summed E-state index contributed by atoms with van der Waals surface area (Å²) in [6.45, 7) is 0. The number of likely N-dealkylation sites (N-methyl/N-ethyl adjacent to an activating group) is 1. The van der Waals surface area contributed by atoms with Crippen LogP contribution < -0.4 is 15.4 Å². The molecule has 4 atom stereocenters. The van der Waals surface area contributed by atoms with Gasteiger partial charge in [-0.1, -0.05) is 0 Å². The molecular weight excluding hydrogens is 442 g/mol. The van der Waals surface area contributed by atoms with Crippen LogP contribution in [0.2, 0.25) is 0 Å². The summed E-state index contributed by atoms with van der Waals surface area (Å²) in [4.78, 5) is 42.3. The molecule has 182 valence electrons. The van der Waals surface area contributed by atoms with Gasteiger partial charge in [0.05, 0.1) is 18.7 Å². The summed E-state index contributed by atoms with van der Waals surface area (Å²) in [6, 6.07) is 2.47. The van der Waals surface area contributed by atoms with Crippen molar-refractivity contribution in [1.82, 2.24) is 4.90 Å². The maximum atomic E-state index is 13.8. The van der Waals surface area contributed by atoms with E-state index in [9.17, 15) is 29.7 Å². The molecule has 0 spiro atoms. The van der Waals surface area contributed by atoms with E-state index in [1.807, 2.05) is 25.1 Å².